The molecule has 1 saturated carbocycles. The molecule has 0 spiro atoms. The SMILES string of the molecule is O=C(O)C1CCN(c2ccccc2Sc2ccc([C@@H]3C[C@H]3C(=O)NCCCN3CCCC3=O)cc2C(F)(F)F)CC1. The van der Waals surface area contributed by atoms with Gasteiger partial charge in [-0.2, -0.15) is 13.2 Å². The highest BCUT2D eigenvalue weighted by atomic mass is 32.2. The summed E-state index contributed by atoms with van der Waals surface area (Å²) in [6, 6.07) is 11.6. The van der Waals surface area contributed by atoms with Crippen LogP contribution in [0.5, 0.6) is 0 Å². The second-order valence-corrected chi connectivity index (χ2v) is 12.1. The second-order valence-electron chi connectivity index (χ2n) is 11.0. The van der Waals surface area contributed by atoms with Crippen LogP contribution in [-0.2, 0) is 20.6 Å². The number of likely N-dealkylation sites (tertiary alicyclic amines) is 1. The maximum Gasteiger partial charge on any atom is 0.417 e. The number of carboxylic acids is 1. The van der Waals surface area contributed by atoms with E-state index in [1.165, 1.54) is 12.1 Å². The molecule has 3 fully saturated rings. The van der Waals surface area contributed by atoms with Crippen molar-refractivity contribution in [3.8, 4) is 0 Å². The summed E-state index contributed by atoms with van der Waals surface area (Å²) in [5.41, 5.74) is 0.584. The summed E-state index contributed by atoms with van der Waals surface area (Å²) < 4.78 is 42.7. The lowest BCUT2D eigenvalue weighted by atomic mass is 9.97. The first-order valence-electron chi connectivity index (χ1n) is 14.1. The minimum Gasteiger partial charge on any atom is -0.481 e. The Hall–Kier alpha value is -3.21. The van der Waals surface area contributed by atoms with Crippen molar-refractivity contribution in [2.75, 3.05) is 37.6 Å². The van der Waals surface area contributed by atoms with Crippen molar-refractivity contribution in [3.63, 3.8) is 0 Å². The molecule has 2 N–H and O–H groups in total. The first-order valence-corrected chi connectivity index (χ1v) is 14.9. The molecule has 2 saturated heterocycles. The van der Waals surface area contributed by atoms with Crippen LogP contribution in [0.15, 0.2) is 52.3 Å². The predicted octanol–water partition coefficient (Wildman–Crippen LogP) is 5.39. The summed E-state index contributed by atoms with van der Waals surface area (Å²) in [7, 11) is 0. The molecule has 11 heteroatoms. The van der Waals surface area contributed by atoms with Gasteiger partial charge in [-0.1, -0.05) is 30.0 Å². The standard InChI is InChI=1S/C30H34F3N3O4S/c31-30(32,33)23-17-20(21-18-22(21)28(38)34-12-4-14-36-13-3-7-27(36)37)8-9-25(23)41-26-6-2-1-5-24(26)35-15-10-19(11-16-35)29(39)40/h1-2,5-6,8-9,17,19,21-22H,3-4,7,10-16,18H2,(H,34,38)(H,39,40)/t21-,22+/m0/s1. The Labute approximate surface area is 241 Å². The quantitative estimate of drug-likeness (QED) is 0.362. The molecular weight excluding hydrogens is 555 g/mol. The highest BCUT2D eigenvalue weighted by Gasteiger charge is 2.45. The van der Waals surface area contributed by atoms with E-state index in [0.717, 1.165) is 30.4 Å². The Balaban J connectivity index is 1.23. The average Bonchev–Trinajstić information content (AvgIpc) is 3.65. The van der Waals surface area contributed by atoms with E-state index in [1.807, 2.05) is 17.0 Å². The van der Waals surface area contributed by atoms with E-state index in [0.29, 0.717) is 68.7 Å². The van der Waals surface area contributed by atoms with Gasteiger partial charge in [0.2, 0.25) is 11.8 Å². The van der Waals surface area contributed by atoms with Crippen molar-refractivity contribution >= 4 is 35.2 Å². The normalized spacial score (nSPS) is 21.3. The number of alkyl halides is 3. The summed E-state index contributed by atoms with van der Waals surface area (Å²) in [6.45, 7) is 2.85. The van der Waals surface area contributed by atoms with Crippen LogP contribution in [0.4, 0.5) is 18.9 Å². The number of hydrogen-bond acceptors (Lipinski definition) is 5. The molecule has 0 bridgehead atoms. The van der Waals surface area contributed by atoms with Gasteiger partial charge >= 0.3 is 12.1 Å². The van der Waals surface area contributed by atoms with E-state index in [1.54, 1.807) is 23.1 Å². The maximum absolute atomic E-state index is 14.2. The molecule has 0 aromatic heterocycles. The largest absolute Gasteiger partial charge is 0.481 e. The van der Waals surface area contributed by atoms with Crippen molar-refractivity contribution in [2.24, 2.45) is 11.8 Å². The Morgan fingerprint density at radius 1 is 1.05 bits per heavy atom. The zero-order chi connectivity index (χ0) is 29.1. The zero-order valence-corrected chi connectivity index (χ0v) is 23.5. The van der Waals surface area contributed by atoms with Gasteiger partial charge in [-0.25, -0.2) is 0 Å². The van der Waals surface area contributed by atoms with Crippen LogP contribution in [0.25, 0.3) is 0 Å². The first kappa shape index (κ1) is 29.3. The number of anilines is 1. The molecule has 0 radical (unpaired) electrons. The van der Waals surface area contributed by atoms with Crippen LogP contribution in [0, 0.1) is 11.8 Å². The smallest absolute Gasteiger partial charge is 0.417 e. The minimum atomic E-state index is -4.56. The molecule has 1 aliphatic carbocycles. The number of para-hydroxylation sites is 1. The summed E-state index contributed by atoms with van der Waals surface area (Å²) >= 11 is 1.06. The van der Waals surface area contributed by atoms with Crippen molar-refractivity contribution in [1.82, 2.24) is 10.2 Å². The molecule has 41 heavy (non-hydrogen) atoms. The number of aliphatic carboxylic acids is 1. The third kappa shape index (κ3) is 6.99. The van der Waals surface area contributed by atoms with Crippen LogP contribution in [-0.4, -0.2) is 60.5 Å². The highest BCUT2D eigenvalue weighted by Crippen LogP contribution is 2.50. The topological polar surface area (TPSA) is 89.9 Å². The zero-order valence-electron chi connectivity index (χ0n) is 22.7. The van der Waals surface area contributed by atoms with Gasteiger partial charge in [0, 0.05) is 54.9 Å². The number of hydrogen-bond donors (Lipinski definition) is 2. The fraction of sp³-hybridized carbons (Fsp3) is 0.500. The molecule has 2 aliphatic heterocycles. The summed E-state index contributed by atoms with van der Waals surface area (Å²) in [5, 5.41) is 12.2. The van der Waals surface area contributed by atoms with Gasteiger partial charge in [-0.3, -0.25) is 14.4 Å². The Morgan fingerprint density at radius 2 is 1.80 bits per heavy atom. The number of carbonyl (C=O) groups excluding carboxylic acids is 2. The molecule has 2 heterocycles. The van der Waals surface area contributed by atoms with E-state index in [2.05, 4.69) is 5.32 Å². The van der Waals surface area contributed by atoms with Gasteiger partial charge in [-0.05, 0) is 67.9 Å². The fourth-order valence-corrected chi connectivity index (χ4v) is 6.89. The number of halogens is 3. The molecule has 220 valence electrons. The number of rotatable bonds is 10. The van der Waals surface area contributed by atoms with Crippen molar-refractivity contribution in [1.29, 1.82) is 0 Å². The van der Waals surface area contributed by atoms with E-state index in [-0.39, 0.29) is 28.5 Å². The number of amides is 2. The van der Waals surface area contributed by atoms with E-state index in [9.17, 15) is 32.7 Å². The summed E-state index contributed by atoms with van der Waals surface area (Å²) in [6.07, 6.45) is -0.976. The lowest BCUT2D eigenvalue weighted by Gasteiger charge is -2.33. The molecule has 3 aliphatic rings. The third-order valence-corrected chi connectivity index (χ3v) is 9.35. The minimum absolute atomic E-state index is 0.0900. The number of nitrogens with zero attached hydrogens (tertiary/aromatic N) is 2. The Morgan fingerprint density at radius 3 is 2.49 bits per heavy atom. The van der Waals surface area contributed by atoms with Gasteiger partial charge in [0.05, 0.1) is 17.2 Å². The number of nitrogens with one attached hydrogen (secondary N) is 1. The van der Waals surface area contributed by atoms with Crippen molar-refractivity contribution in [2.45, 2.75) is 60.4 Å². The average molecular weight is 590 g/mol. The van der Waals surface area contributed by atoms with Gasteiger partial charge in [0.1, 0.15) is 0 Å². The first-order chi connectivity index (χ1) is 19.6. The van der Waals surface area contributed by atoms with Crippen LogP contribution >= 0.6 is 11.8 Å². The lowest BCUT2D eigenvalue weighted by molar-refractivity contribution is -0.142. The maximum atomic E-state index is 14.2. The molecule has 7 nitrogen and oxygen atoms in total. The van der Waals surface area contributed by atoms with E-state index in [4.69, 9.17) is 0 Å². The fourth-order valence-electron chi connectivity index (χ4n) is 5.79. The molecule has 5 rings (SSSR count). The van der Waals surface area contributed by atoms with Gasteiger partial charge in [0.25, 0.3) is 0 Å². The van der Waals surface area contributed by atoms with Crippen LogP contribution in [0.3, 0.4) is 0 Å². The lowest BCUT2D eigenvalue weighted by Crippen LogP contribution is -2.36. The Bertz CT molecular complexity index is 1300. The number of carbonyl (C=O) groups is 3. The molecule has 2 aromatic carbocycles. The van der Waals surface area contributed by atoms with Crippen molar-refractivity contribution < 1.29 is 32.7 Å². The second kappa shape index (κ2) is 12.3. The van der Waals surface area contributed by atoms with Crippen LogP contribution in [0.1, 0.15) is 55.6 Å². The Kier molecular flexibility index (Phi) is 8.82. The monoisotopic (exact) mass is 589 g/mol. The highest BCUT2D eigenvalue weighted by molar-refractivity contribution is 7.99. The van der Waals surface area contributed by atoms with Gasteiger partial charge < -0.3 is 20.2 Å². The van der Waals surface area contributed by atoms with E-state index >= 15 is 0 Å². The van der Waals surface area contributed by atoms with Crippen molar-refractivity contribution in [3.05, 3.63) is 53.6 Å². The summed E-state index contributed by atoms with van der Waals surface area (Å²) in [5.74, 6) is -1.83. The summed E-state index contributed by atoms with van der Waals surface area (Å²) in [4.78, 5) is 40.3. The number of piperidine rings is 1. The van der Waals surface area contributed by atoms with Crippen LogP contribution in [0.2, 0.25) is 0 Å². The van der Waals surface area contributed by atoms with Gasteiger partial charge in [0.15, 0.2) is 0 Å². The molecule has 2 amide bonds. The van der Waals surface area contributed by atoms with E-state index < -0.39 is 23.6 Å². The third-order valence-electron chi connectivity index (χ3n) is 8.21. The predicted molar refractivity (Wildman–Crippen MR) is 149 cm³/mol. The number of benzene rings is 2. The van der Waals surface area contributed by atoms with Gasteiger partial charge in [-0.15, -0.1) is 0 Å². The van der Waals surface area contributed by atoms with Crippen LogP contribution < -0.4 is 10.2 Å². The molecular formula is C30H34F3N3O4S. The molecule has 0 unspecified atom stereocenters. The molecule has 2 atom stereocenters. The number of carboxylic acid groups (broad SMARTS) is 1. The molecule has 2 aromatic rings.